The van der Waals surface area contributed by atoms with Crippen LogP contribution in [-0.2, 0) is 9.59 Å². The lowest BCUT2D eigenvalue weighted by atomic mass is 9.97. The molecule has 4 heteroatoms. The zero-order valence-electron chi connectivity index (χ0n) is 16.6. The molecule has 0 aromatic rings. The molecule has 0 aromatic carbocycles. The van der Waals surface area contributed by atoms with Crippen molar-refractivity contribution in [3.05, 3.63) is 12.2 Å². The molecule has 0 saturated heterocycles. The van der Waals surface area contributed by atoms with Gasteiger partial charge in [0.05, 0.1) is 6.42 Å². The number of nitrogens with zero attached hydrogens (tertiary/aromatic N) is 1. The fourth-order valence-electron chi connectivity index (χ4n) is 3.07. The number of aliphatic carboxylic acids is 1. The Labute approximate surface area is 154 Å². The van der Waals surface area contributed by atoms with E-state index in [2.05, 4.69) is 19.1 Å². The first-order valence-electron chi connectivity index (χ1n) is 10.2. The SMILES string of the molecule is CCCCCCCCC/C=C/CCC(CC(=O)O)C(=O)N(CC)CC. The van der Waals surface area contributed by atoms with Crippen LogP contribution in [0.1, 0.15) is 91.4 Å². The minimum absolute atomic E-state index is 0.0205. The number of carbonyl (C=O) groups excluding carboxylic acids is 1. The van der Waals surface area contributed by atoms with Crippen LogP contribution in [0.25, 0.3) is 0 Å². The van der Waals surface area contributed by atoms with Crippen molar-refractivity contribution in [3.8, 4) is 0 Å². The zero-order valence-corrected chi connectivity index (χ0v) is 16.6. The van der Waals surface area contributed by atoms with Crippen LogP contribution in [0, 0.1) is 5.92 Å². The van der Waals surface area contributed by atoms with Crippen LogP contribution >= 0.6 is 0 Å². The van der Waals surface area contributed by atoms with Gasteiger partial charge in [0.15, 0.2) is 0 Å². The summed E-state index contributed by atoms with van der Waals surface area (Å²) in [6.07, 6.45) is 15.9. The predicted molar refractivity (Wildman–Crippen MR) is 105 cm³/mol. The van der Waals surface area contributed by atoms with Gasteiger partial charge in [0.25, 0.3) is 0 Å². The molecule has 146 valence electrons. The van der Waals surface area contributed by atoms with Gasteiger partial charge in [-0.05, 0) is 39.5 Å². The van der Waals surface area contributed by atoms with Gasteiger partial charge in [-0.2, -0.15) is 0 Å². The highest BCUT2D eigenvalue weighted by atomic mass is 16.4. The number of unbranched alkanes of at least 4 members (excludes halogenated alkanes) is 7. The maximum absolute atomic E-state index is 12.4. The smallest absolute Gasteiger partial charge is 0.304 e. The van der Waals surface area contributed by atoms with E-state index in [-0.39, 0.29) is 12.3 Å². The molecule has 0 saturated carbocycles. The Morgan fingerprint density at radius 1 is 0.880 bits per heavy atom. The Morgan fingerprint density at radius 2 is 1.44 bits per heavy atom. The van der Waals surface area contributed by atoms with Gasteiger partial charge in [-0.3, -0.25) is 9.59 Å². The fraction of sp³-hybridized carbons (Fsp3) is 0.810. The summed E-state index contributed by atoms with van der Waals surface area (Å²) in [6, 6.07) is 0. The molecule has 0 radical (unpaired) electrons. The lowest BCUT2D eigenvalue weighted by Crippen LogP contribution is -2.36. The van der Waals surface area contributed by atoms with Gasteiger partial charge in [-0.25, -0.2) is 0 Å². The van der Waals surface area contributed by atoms with E-state index >= 15 is 0 Å². The Balaban J connectivity index is 4.01. The molecule has 0 heterocycles. The fourth-order valence-corrected chi connectivity index (χ4v) is 3.07. The molecule has 1 atom stereocenters. The largest absolute Gasteiger partial charge is 0.481 e. The third-order valence-electron chi connectivity index (χ3n) is 4.67. The average molecular weight is 354 g/mol. The first kappa shape index (κ1) is 23.7. The maximum atomic E-state index is 12.4. The van der Waals surface area contributed by atoms with Crippen LogP contribution in [0.2, 0.25) is 0 Å². The van der Waals surface area contributed by atoms with Gasteiger partial charge in [-0.1, -0.05) is 57.6 Å². The summed E-state index contributed by atoms with van der Waals surface area (Å²) >= 11 is 0. The molecular weight excluding hydrogens is 314 g/mol. The number of carboxylic acid groups (broad SMARTS) is 1. The summed E-state index contributed by atoms with van der Waals surface area (Å²) in [5, 5.41) is 9.05. The molecule has 0 bridgehead atoms. The number of amides is 1. The van der Waals surface area contributed by atoms with Gasteiger partial charge in [0.1, 0.15) is 0 Å². The van der Waals surface area contributed by atoms with Crippen molar-refractivity contribution in [2.24, 2.45) is 5.92 Å². The zero-order chi connectivity index (χ0) is 18.9. The molecule has 0 spiro atoms. The highest BCUT2D eigenvalue weighted by Gasteiger charge is 2.24. The van der Waals surface area contributed by atoms with Crippen molar-refractivity contribution in [1.29, 1.82) is 0 Å². The highest BCUT2D eigenvalue weighted by Crippen LogP contribution is 2.16. The Morgan fingerprint density at radius 3 is 2.00 bits per heavy atom. The quantitative estimate of drug-likeness (QED) is 0.297. The van der Waals surface area contributed by atoms with Crippen LogP contribution in [0.5, 0.6) is 0 Å². The topological polar surface area (TPSA) is 57.6 Å². The normalized spacial score (nSPS) is 12.4. The molecule has 25 heavy (non-hydrogen) atoms. The van der Waals surface area contributed by atoms with Crippen LogP contribution < -0.4 is 0 Å². The van der Waals surface area contributed by atoms with E-state index in [1.165, 1.54) is 44.9 Å². The van der Waals surface area contributed by atoms with Crippen LogP contribution in [0.4, 0.5) is 0 Å². The van der Waals surface area contributed by atoms with Crippen LogP contribution in [0.15, 0.2) is 12.2 Å². The summed E-state index contributed by atoms with van der Waals surface area (Å²) in [5.41, 5.74) is 0. The van der Waals surface area contributed by atoms with Gasteiger partial charge >= 0.3 is 5.97 Å². The van der Waals surface area contributed by atoms with Crippen molar-refractivity contribution in [2.75, 3.05) is 13.1 Å². The van der Waals surface area contributed by atoms with E-state index in [1.807, 2.05) is 13.8 Å². The number of carbonyl (C=O) groups is 2. The lowest BCUT2D eigenvalue weighted by molar-refractivity contribution is -0.144. The van der Waals surface area contributed by atoms with Gasteiger partial charge in [-0.15, -0.1) is 0 Å². The van der Waals surface area contributed by atoms with Crippen molar-refractivity contribution in [1.82, 2.24) is 4.90 Å². The summed E-state index contributed by atoms with van der Waals surface area (Å²) in [7, 11) is 0. The monoisotopic (exact) mass is 353 g/mol. The number of rotatable bonds is 16. The molecule has 0 aliphatic rings. The van der Waals surface area contributed by atoms with Gasteiger partial charge < -0.3 is 10.0 Å². The molecule has 0 rings (SSSR count). The Bertz CT molecular complexity index is 375. The Hall–Kier alpha value is -1.32. The minimum atomic E-state index is -0.891. The van der Waals surface area contributed by atoms with Crippen molar-refractivity contribution >= 4 is 11.9 Å². The standard InChI is InChI=1S/C21H39NO3/c1-4-7-8-9-10-11-12-13-14-15-16-17-19(18-20(23)24)21(25)22(5-2)6-3/h14-15,19H,4-13,16-18H2,1-3H3,(H,23,24)/b15-14+. The van der Waals surface area contributed by atoms with E-state index in [0.717, 1.165) is 12.8 Å². The number of carboxylic acids is 1. The summed E-state index contributed by atoms with van der Waals surface area (Å²) in [6.45, 7) is 7.38. The second-order valence-corrected chi connectivity index (χ2v) is 6.76. The van der Waals surface area contributed by atoms with Crippen molar-refractivity contribution in [2.45, 2.75) is 91.4 Å². The minimum Gasteiger partial charge on any atom is -0.481 e. The van der Waals surface area contributed by atoms with E-state index in [9.17, 15) is 9.59 Å². The molecule has 1 unspecified atom stereocenters. The molecule has 1 amide bonds. The van der Waals surface area contributed by atoms with Crippen molar-refractivity contribution in [3.63, 3.8) is 0 Å². The second-order valence-electron chi connectivity index (χ2n) is 6.76. The lowest BCUT2D eigenvalue weighted by Gasteiger charge is -2.24. The predicted octanol–water partition coefficient (Wildman–Crippen LogP) is 5.42. The highest BCUT2D eigenvalue weighted by molar-refractivity contribution is 5.83. The number of hydrogen-bond donors (Lipinski definition) is 1. The first-order valence-corrected chi connectivity index (χ1v) is 10.2. The van der Waals surface area contributed by atoms with Gasteiger partial charge in [0.2, 0.25) is 5.91 Å². The summed E-state index contributed by atoms with van der Waals surface area (Å²) in [4.78, 5) is 25.2. The van der Waals surface area contributed by atoms with Crippen LogP contribution in [0.3, 0.4) is 0 Å². The molecule has 4 nitrogen and oxygen atoms in total. The molecule has 0 aromatic heterocycles. The second kappa shape index (κ2) is 16.2. The number of hydrogen-bond acceptors (Lipinski definition) is 2. The molecule has 0 fully saturated rings. The average Bonchev–Trinajstić information content (AvgIpc) is 2.59. The third-order valence-corrected chi connectivity index (χ3v) is 4.67. The molecule has 0 aliphatic heterocycles. The van der Waals surface area contributed by atoms with E-state index < -0.39 is 11.9 Å². The van der Waals surface area contributed by atoms with E-state index in [0.29, 0.717) is 19.5 Å². The molecule has 0 aliphatic carbocycles. The summed E-state index contributed by atoms with van der Waals surface area (Å²) < 4.78 is 0. The first-order chi connectivity index (χ1) is 12.1. The number of allylic oxidation sites excluding steroid dienone is 2. The van der Waals surface area contributed by atoms with Crippen molar-refractivity contribution < 1.29 is 14.7 Å². The Kier molecular flexibility index (Phi) is 15.3. The van der Waals surface area contributed by atoms with Crippen LogP contribution in [-0.4, -0.2) is 35.0 Å². The third kappa shape index (κ3) is 12.7. The molecular formula is C21H39NO3. The summed E-state index contributed by atoms with van der Waals surface area (Å²) in [5.74, 6) is -1.31. The van der Waals surface area contributed by atoms with E-state index in [4.69, 9.17) is 5.11 Å². The van der Waals surface area contributed by atoms with Gasteiger partial charge in [0, 0.05) is 19.0 Å². The van der Waals surface area contributed by atoms with E-state index in [1.54, 1.807) is 4.90 Å². The molecule has 1 N–H and O–H groups in total. The maximum Gasteiger partial charge on any atom is 0.304 e.